The number of ether oxygens (including phenoxy) is 1. The summed E-state index contributed by atoms with van der Waals surface area (Å²) in [7, 11) is 0. The van der Waals surface area contributed by atoms with Gasteiger partial charge in [-0.15, -0.1) is 0 Å². The van der Waals surface area contributed by atoms with E-state index in [1.54, 1.807) is 0 Å². The Morgan fingerprint density at radius 3 is 1.92 bits per heavy atom. The highest BCUT2D eigenvalue weighted by Crippen LogP contribution is 2.25. The zero-order valence-corrected chi connectivity index (χ0v) is 9.48. The Morgan fingerprint density at radius 1 is 1.17 bits per heavy atom. The first kappa shape index (κ1) is 12.0. The van der Waals surface area contributed by atoms with Gasteiger partial charge in [0.2, 0.25) is 0 Å². The second kappa shape index (κ2) is 4.86. The average molecular weight is 172 g/mol. The Hall–Kier alpha value is -0.0400. The highest BCUT2D eigenvalue weighted by Gasteiger charge is 2.24. The fraction of sp³-hybridized carbons (Fsp3) is 1.00. The first-order chi connectivity index (χ1) is 5.39. The van der Waals surface area contributed by atoms with Crippen LogP contribution in [0, 0.1) is 5.92 Å². The molecular weight excluding hydrogens is 148 g/mol. The van der Waals surface area contributed by atoms with Crippen LogP contribution in [0.1, 0.15) is 54.4 Å². The molecular formula is C11H24O. The van der Waals surface area contributed by atoms with Crippen LogP contribution >= 0.6 is 0 Å². The smallest absolute Gasteiger partial charge is 0.0657 e. The minimum Gasteiger partial charge on any atom is -0.373 e. The molecule has 0 saturated heterocycles. The summed E-state index contributed by atoms with van der Waals surface area (Å²) in [5.74, 6) is 0.716. The second-order valence-electron chi connectivity index (χ2n) is 4.57. The summed E-state index contributed by atoms with van der Waals surface area (Å²) in [5.41, 5.74) is 0.0856. The van der Waals surface area contributed by atoms with E-state index in [0.717, 1.165) is 12.8 Å². The van der Waals surface area contributed by atoms with Crippen molar-refractivity contribution in [2.45, 2.75) is 66.1 Å². The van der Waals surface area contributed by atoms with Gasteiger partial charge in [0, 0.05) is 0 Å². The van der Waals surface area contributed by atoms with E-state index in [-0.39, 0.29) is 5.60 Å². The summed E-state index contributed by atoms with van der Waals surface area (Å²) in [6, 6.07) is 0. The van der Waals surface area contributed by atoms with Crippen molar-refractivity contribution in [2.75, 3.05) is 0 Å². The molecule has 0 aromatic heterocycles. The summed E-state index contributed by atoms with van der Waals surface area (Å²) in [6.07, 6.45) is 2.60. The molecule has 74 valence electrons. The molecule has 0 radical (unpaired) electrons. The van der Waals surface area contributed by atoms with E-state index in [4.69, 9.17) is 4.74 Å². The highest BCUT2D eigenvalue weighted by molar-refractivity contribution is 4.75. The number of hydrogen-bond acceptors (Lipinski definition) is 1. The first-order valence-electron chi connectivity index (χ1n) is 5.07. The molecule has 0 bridgehead atoms. The van der Waals surface area contributed by atoms with E-state index in [2.05, 4.69) is 41.5 Å². The van der Waals surface area contributed by atoms with Crippen molar-refractivity contribution in [3.63, 3.8) is 0 Å². The third-order valence-corrected chi connectivity index (χ3v) is 2.11. The SMILES string of the molecule is CCC(C)(CC(C)C)OC(C)C. The molecule has 12 heavy (non-hydrogen) atoms. The van der Waals surface area contributed by atoms with Crippen LogP contribution in [0.5, 0.6) is 0 Å². The maximum absolute atomic E-state index is 5.90. The first-order valence-corrected chi connectivity index (χ1v) is 5.07. The number of rotatable bonds is 5. The molecule has 0 spiro atoms. The highest BCUT2D eigenvalue weighted by atomic mass is 16.5. The minimum absolute atomic E-state index is 0.0856. The van der Waals surface area contributed by atoms with Crippen LogP contribution in [0.3, 0.4) is 0 Å². The van der Waals surface area contributed by atoms with Crippen LogP contribution < -0.4 is 0 Å². The van der Waals surface area contributed by atoms with E-state index >= 15 is 0 Å². The molecule has 0 rings (SSSR count). The van der Waals surface area contributed by atoms with E-state index in [0.29, 0.717) is 12.0 Å². The Bertz CT molecular complexity index is 106. The van der Waals surface area contributed by atoms with E-state index in [1.165, 1.54) is 0 Å². The lowest BCUT2D eigenvalue weighted by Crippen LogP contribution is -2.32. The molecule has 1 atom stereocenters. The molecule has 0 saturated carbocycles. The van der Waals surface area contributed by atoms with Crippen molar-refractivity contribution in [3.8, 4) is 0 Å². The van der Waals surface area contributed by atoms with Crippen LogP contribution in [0.25, 0.3) is 0 Å². The lowest BCUT2D eigenvalue weighted by Gasteiger charge is -2.32. The summed E-state index contributed by atoms with van der Waals surface area (Å²) >= 11 is 0. The maximum atomic E-state index is 5.90. The standard InChI is InChI=1S/C11H24O/c1-7-11(6,8-9(2)3)12-10(4)5/h9-10H,7-8H2,1-6H3. The Labute approximate surface area is 77.5 Å². The second-order valence-corrected chi connectivity index (χ2v) is 4.57. The predicted molar refractivity (Wildman–Crippen MR) is 54.4 cm³/mol. The van der Waals surface area contributed by atoms with Gasteiger partial charge in [0.25, 0.3) is 0 Å². The fourth-order valence-corrected chi connectivity index (χ4v) is 1.71. The van der Waals surface area contributed by atoms with Gasteiger partial charge >= 0.3 is 0 Å². The van der Waals surface area contributed by atoms with E-state index < -0.39 is 0 Å². The molecule has 0 fully saturated rings. The van der Waals surface area contributed by atoms with Crippen LogP contribution in [-0.2, 0) is 4.74 Å². The molecule has 1 heteroatoms. The molecule has 0 aliphatic heterocycles. The van der Waals surface area contributed by atoms with Crippen molar-refractivity contribution in [1.29, 1.82) is 0 Å². The molecule has 0 aromatic carbocycles. The Morgan fingerprint density at radius 2 is 1.67 bits per heavy atom. The van der Waals surface area contributed by atoms with E-state index in [9.17, 15) is 0 Å². The van der Waals surface area contributed by atoms with Gasteiger partial charge in [-0.25, -0.2) is 0 Å². The lowest BCUT2D eigenvalue weighted by molar-refractivity contribution is -0.0815. The predicted octanol–water partition coefficient (Wildman–Crippen LogP) is 3.63. The zero-order chi connectivity index (χ0) is 9.78. The van der Waals surface area contributed by atoms with Crippen molar-refractivity contribution in [3.05, 3.63) is 0 Å². The molecule has 0 aromatic rings. The Balaban J connectivity index is 4.04. The third kappa shape index (κ3) is 4.76. The molecule has 0 aliphatic rings. The van der Waals surface area contributed by atoms with Crippen molar-refractivity contribution in [1.82, 2.24) is 0 Å². The van der Waals surface area contributed by atoms with Crippen molar-refractivity contribution >= 4 is 0 Å². The van der Waals surface area contributed by atoms with Gasteiger partial charge in [-0.2, -0.15) is 0 Å². The molecule has 1 unspecified atom stereocenters. The average Bonchev–Trinajstić information content (AvgIpc) is 1.83. The van der Waals surface area contributed by atoms with Crippen LogP contribution in [0.4, 0.5) is 0 Å². The molecule has 0 N–H and O–H groups in total. The molecule has 0 heterocycles. The van der Waals surface area contributed by atoms with Crippen molar-refractivity contribution < 1.29 is 4.74 Å². The topological polar surface area (TPSA) is 9.23 Å². The molecule has 0 amide bonds. The summed E-state index contributed by atoms with van der Waals surface area (Å²) in [4.78, 5) is 0. The van der Waals surface area contributed by atoms with Gasteiger partial charge in [0.15, 0.2) is 0 Å². The van der Waals surface area contributed by atoms with Crippen molar-refractivity contribution in [2.24, 2.45) is 5.92 Å². The van der Waals surface area contributed by atoms with Gasteiger partial charge in [-0.3, -0.25) is 0 Å². The van der Waals surface area contributed by atoms with Gasteiger partial charge < -0.3 is 4.74 Å². The normalized spacial score (nSPS) is 17.0. The van der Waals surface area contributed by atoms with Crippen LogP contribution in [0.15, 0.2) is 0 Å². The van der Waals surface area contributed by atoms with Gasteiger partial charge in [-0.05, 0) is 39.5 Å². The largest absolute Gasteiger partial charge is 0.373 e. The van der Waals surface area contributed by atoms with Gasteiger partial charge in [0.05, 0.1) is 11.7 Å². The number of hydrogen-bond donors (Lipinski definition) is 0. The van der Waals surface area contributed by atoms with Crippen LogP contribution in [-0.4, -0.2) is 11.7 Å². The maximum Gasteiger partial charge on any atom is 0.0657 e. The summed E-state index contributed by atoms with van der Waals surface area (Å²) in [5, 5.41) is 0. The van der Waals surface area contributed by atoms with Gasteiger partial charge in [-0.1, -0.05) is 20.8 Å². The quantitative estimate of drug-likeness (QED) is 0.615. The Kier molecular flexibility index (Phi) is 4.84. The molecule has 0 aliphatic carbocycles. The van der Waals surface area contributed by atoms with E-state index in [1.807, 2.05) is 0 Å². The zero-order valence-electron chi connectivity index (χ0n) is 9.48. The summed E-state index contributed by atoms with van der Waals surface area (Å²) < 4.78 is 5.90. The lowest BCUT2D eigenvalue weighted by atomic mass is 9.91. The molecule has 1 nitrogen and oxygen atoms in total. The summed E-state index contributed by atoms with van der Waals surface area (Å²) in [6.45, 7) is 13.1. The fourth-order valence-electron chi connectivity index (χ4n) is 1.71. The minimum atomic E-state index is 0.0856. The monoisotopic (exact) mass is 172 g/mol. The third-order valence-electron chi connectivity index (χ3n) is 2.11. The van der Waals surface area contributed by atoms with Gasteiger partial charge in [0.1, 0.15) is 0 Å². The van der Waals surface area contributed by atoms with Crippen LogP contribution in [0.2, 0.25) is 0 Å².